The van der Waals surface area contributed by atoms with Gasteiger partial charge in [-0.3, -0.25) is 0 Å². The van der Waals surface area contributed by atoms with Crippen LogP contribution >= 0.6 is 18.8 Å². The summed E-state index contributed by atoms with van der Waals surface area (Å²) in [6.07, 6.45) is 17.0. The lowest BCUT2D eigenvalue weighted by Crippen LogP contribution is -2.30. The Morgan fingerprint density at radius 1 is 0.683 bits per heavy atom. The van der Waals surface area contributed by atoms with E-state index in [9.17, 15) is 0 Å². The van der Waals surface area contributed by atoms with Gasteiger partial charge in [-0.1, -0.05) is 137 Å². The summed E-state index contributed by atoms with van der Waals surface area (Å²) in [4.78, 5) is 0. The molecule has 244 valence electrons. The minimum absolute atomic E-state index is 0.108. The van der Waals surface area contributed by atoms with E-state index in [1.165, 1.54) is 62.7 Å². The van der Waals surface area contributed by atoms with Crippen molar-refractivity contribution in [2.24, 2.45) is 29.1 Å². The van der Waals surface area contributed by atoms with Crippen molar-refractivity contribution in [1.29, 1.82) is 0 Å². The molecule has 0 N–H and O–H groups in total. The molecule has 0 bridgehead atoms. The maximum atomic E-state index is 15.1. The largest absolute Gasteiger partial charge is 0.375 e. The summed E-state index contributed by atoms with van der Waals surface area (Å²) in [6.45, 7) is 32.6. The highest BCUT2D eigenvalue weighted by Gasteiger charge is 2.26. The summed E-state index contributed by atoms with van der Waals surface area (Å²) in [5.41, 5.74) is 2.50. The topological polar surface area (TPSA) is 9.23 Å². The van der Waals surface area contributed by atoms with Crippen LogP contribution < -0.4 is 0 Å². The second-order valence-electron chi connectivity index (χ2n) is 15.4. The van der Waals surface area contributed by atoms with E-state index in [0.717, 1.165) is 74.0 Å². The van der Waals surface area contributed by atoms with E-state index in [-0.39, 0.29) is 5.60 Å². The summed E-state index contributed by atoms with van der Waals surface area (Å²) >= 11 is 1.47. The van der Waals surface area contributed by atoms with Gasteiger partial charge in [-0.15, -0.1) is 0 Å². The van der Waals surface area contributed by atoms with Crippen LogP contribution in [0.15, 0.2) is 24.3 Å². The van der Waals surface area contributed by atoms with E-state index in [1.54, 1.807) is 0 Å². The van der Waals surface area contributed by atoms with Gasteiger partial charge < -0.3 is 4.74 Å². The smallest absolute Gasteiger partial charge is 0.146 e. The fourth-order valence-electron chi connectivity index (χ4n) is 5.40. The van der Waals surface area contributed by atoms with E-state index in [4.69, 9.17) is 4.74 Å². The molecule has 0 aromatic heterocycles. The average molecular weight is 615 g/mol. The van der Waals surface area contributed by atoms with Crippen LogP contribution in [0.25, 0.3) is 0 Å². The zero-order valence-corrected chi connectivity index (χ0v) is 31.1. The highest BCUT2D eigenvalue weighted by Crippen LogP contribution is 2.54. The Kier molecular flexibility index (Phi) is 22.7. The van der Waals surface area contributed by atoms with Crippen molar-refractivity contribution in [2.45, 2.75) is 165 Å². The monoisotopic (exact) mass is 615 g/mol. The fourth-order valence-corrected chi connectivity index (χ4v) is 8.26. The summed E-state index contributed by atoms with van der Waals surface area (Å²) in [5, 5.41) is 0. The van der Waals surface area contributed by atoms with Gasteiger partial charge in [-0.2, -0.15) is 0 Å². The van der Waals surface area contributed by atoms with Gasteiger partial charge in [-0.05, 0) is 87.4 Å². The molecule has 2 unspecified atom stereocenters. The van der Waals surface area contributed by atoms with Crippen molar-refractivity contribution in [2.75, 3.05) is 18.5 Å². The summed E-state index contributed by atoms with van der Waals surface area (Å²) in [5.74, 6) is 3.63. The van der Waals surface area contributed by atoms with Gasteiger partial charge in [0.25, 0.3) is 0 Å². The van der Waals surface area contributed by atoms with Crippen molar-refractivity contribution < 1.29 is 8.93 Å². The quantitative estimate of drug-likeness (QED) is 0.0672. The molecular weight excluding hydrogens is 542 g/mol. The Morgan fingerprint density at radius 3 is 1.63 bits per heavy atom. The van der Waals surface area contributed by atoms with E-state index in [2.05, 4.69) is 82.4 Å². The van der Waals surface area contributed by atoms with Crippen molar-refractivity contribution >= 4 is 18.8 Å². The lowest BCUT2D eigenvalue weighted by molar-refractivity contribution is -0.0490. The van der Waals surface area contributed by atoms with Crippen LogP contribution in [0.1, 0.15) is 159 Å². The van der Waals surface area contributed by atoms with Crippen LogP contribution in [0, 0.1) is 29.1 Å². The molecule has 0 rings (SSSR count). The lowest BCUT2D eigenvalue weighted by Gasteiger charge is -2.31. The van der Waals surface area contributed by atoms with Crippen molar-refractivity contribution in [3.8, 4) is 0 Å². The van der Waals surface area contributed by atoms with Crippen LogP contribution in [-0.2, 0) is 4.74 Å². The zero-order chi connectivity index (χ0) is 31.5. The first-order chi connectivity index (χ1) is 19.1. The minimum atomic E-state index is -1.59. The Labute approximate surface area is 263 Å². The van der Waals surface area contributed by atoms with E-state index in [1.807, 2.05) is 0 Å². The molecule has 0 heterocycles. The summed E-state index contributed by atoms with van der Waals surface area (Å²) in [7, 11) is -1.59. The normalized spacial score (nSPS) is 14.8. The molecule has 0 aromatic carbocycles. The number of hydrogen-bond donors (Lipinski definition) is 0. The molecule has 0 aliphatic carbocycles. The Bertz CT molecular complexity index is 658. The van der Waals surface area contributed by atoms with Crippen LogP contribution in [0.5, 0.6) is 0 Å². The number of hydrogen-bond acceptors (Lipinski definition) is 2. The highest BCUT2D eigenvalue weighted by molar-refractivity contribution is 8.54. The Hall–Kier alpha value is 0.150. The van der Waals surface area contributed by atoms with Crippen LogP contribution in [0.4, 0.5) is 4.20 Å². The van der Waals surface area contributed by atoms with Gasteiger partial charge in [0.2, 0.25) is 0 Å². The molecule has 2 atom stereocenters. The SMILES string of the molecule is C=C(CCC(C)(CCCC(C)C)OCCC(C)C)CSP(F)CC(=C)CCC(C)(CCCC(C)C)CCCC(C)C. The van der Waals surface area contributed by atoms with Crippen molar-refractivity contribution in [3.05, 3.63) is 24.3 Å². The van der Waals surface area contributed by atoms with Crippen molar-refractivity contribution in [1.82, 2.24) is 0 Å². The van der Waals surface area contributed by atoms with Gasteiger partial charge in [0.05, 0.1) is 5.60 Å². The maximum Gasteiger partial charge on any atom is 0.146 e. The molecular formula is C37H72FOPS. The van der Waals surface area contributed by atoms with Gasteiger partial charge in [-0.25, -0.2) is 4.20 Å². The third kappa shape index (κ3) is 24.2. The molecule has 0 radical (unpaired) electrons. The minimum Gasteiger partial charge on any atom is -0.375 e. The van der Waals surface area contributed by atoms with E-state index >= 15 is 4.20 Å². The molecule has 0 saturated heterocycles. The zero-order valence-electron chi connectivity index (χ0n) is 29.4. The molecule has 4 heteroatoms. The first kappa shape index (κ1) is 41.1. The van der Waals surface area contributed by atoms with Gasteiger partial charge in [0.15, 0.2) is 0 Å². The van der Waals surface area contributed by atoms with E-state index < -0.39 is 7.43 Å². The molecule has 41 heavy (non-hydrogen) atoms. The second kappa shape index (κ2) is 22.6. The number of halogens is 1. The molecule has 0 fully saturated rings. The van der Waals surface area contributed by atoms with Gasteiger partial charge >= 0.3 is 0 Å². The predicted molar refractivity (Wildman–Crippen MR) is 190 cm³/mol. The maximum absolute atomic E-state index is 15.1. The van der Waals surface area contributed by atoms with E-state index in [0.29, 0.717) is 23.2 Å². The summed E-state index contributed by atoms with van der Waals surface area (Å²) in [6, 6.07) is 0. The van der Waals surface area contributed by atoms with Crippen LogP contribution in [0.3, 0.4) is 0 Å². The fraction of sp³-hybridized carbons (Fsp3) is 0.892. The molecule has 0 aliphatic heterocycles. The molecule has 0 amide bonds. The first-order valence-electron chi connectivity index (χ1n) is 17.1. The van der Waals surface area contributed by atoms with Crippen molar-refractivity contribution in [3.63, 3.8) is 0 Å². The Balaban J connectivity index is 4.67. The number of ether oxygens (including phenoxy) is 1. The highest BCUT2D eigenvalue weighted by atomic mass is 32.7. The predicted octanol–water partition coefficient (Wildman–Crippen LogP) is 14.0. The third-order valence-corrected chi connectivity index (χ3v) is 11.7. The number of rotatable bonds is 27. The average Bonchev–Trinajstić information content (AvgIpc) is 2.84. The second-order valence-corrected chi connectivity index (χ2v) is 18.9. The molecule has 0 aromatic rings. The lowest BCUT2D eigenvalue weighted by atomic mass is 9.75. The summed E-state index contributed by atoms with van der Waals surface area (Å²) < 4.78 is 21.5. The van der Waals surface area contributed by atoms with Crippen LogP contribution in [-0.4, -0.2) is 24.1 Å². The van der Waals surface area contributed by atoms with Gasteiger partial charge in [0, 0.05) is 18.5 Å². The van der Waals surface area contributed by atoms with Crippen LogP contribution in [0.2, 0.25) is 0 Å². The van der Waals surface area contributed by atoms with Gasteiger partial charge in [0.1, 0.15) is 7.43 Å². The number of allylic oxidation sites excluding steroid dienone is 1. The molecule has 0 saturated carbocycles. The Morgan fingerprint density at radius 2 is 1.15 bits per heavy atom. The first-order valence-corrected chi connectivity index (χ1v) is 20.1. The standard InChI is InChI=1S/C37H72FOPS/c1-30(2)16-13-22-36(11,23-14-17-31(3)4)25-19-34(9)28-40(38)41-29-35(10)20-26-37(12,24-15-18-32(5)6)39-27-21-33(7)8/h30-33H,9-10,13-29H2,1-8,11-12H3. The molecule has 0 aliphatic rings. The third-order valence-electron chi connectivity index (χ3n) is 8.60. The molecule has 0 spiro atoms. The molecule has 1 nitrogen and oxygen atoms in total.